The maximum Gasteiger partial charge on any atom is 0.422 e. The number of thiophene rings is 1. The van der Waals surface area contributed by atoms with Crippen molar-refractivity contribution in [2.24, 2.45) is 0 Å². The Morgan fingerprint density at radius 1 is 1.24 bits per heavy atom. The van der Waals surface area contributed by atoms with E-state index in [-0.39, 0.29) is 11.4 Å². The molecule has 0 bridgehead atoms. The van der Waals surface area contributed by atoms with E-state index in [2.05, 4.69) is 20.3 Å². The van der Waals surface area contributed by atoms with Crippen LogP contribution < -0.4 is 10.1 Å². The van der Waals surface area contributed by atoms with Gasteiger partial charge in [-0.1, -0.05) is 6.07 Å². The van der Waals surface area contributed by atoms with Crippen molar-refractivity contribution in [2.75, 3.05) is 11.9 Å². The minimum Gasteiger partial charge on any atom is -0.484 e. The first kappa shape index (κ1) is 17.0. The summed E-state index contributed by atoms with van der Waals surface area (Å²) in [6.07, 6.45) is -4.40. The SMILES string of the molecule is O=C(Nc1ccc(OCC(F)(F)F)cc1)c1cc(-c2cccs2)[nH]n1. The highest BCUT2D eigenvalue weighted by molar-refractivity contribution is 7.13. The summed E-state index contributed by atoms with van der Waals surface area (Å²) in [6.45, 7) is -1.36. The molecule has 0 fully saturated rings. The molecule has 0 aliphatic heterocycles. The lowest BCUT2D eigenvalue weighted by molar-refractivity contribution is -0.153. The van der Waals surface area contributed by atoms with Gasteiger partial charge in [-0.05, 0) is 41.8 Å². The first-order valence-electron chi connectivity index (χ1n) is 7.11. The molecule has 3 rings (SSSR count). The van der Waals surface area contributed by atoms with E-state index in [9.17, 15) is 18.0 Å². The molecule has 5 nitrogen and oxygen atoms in total. The van der Waals surface area contributed by atoms with Crippen molar-refractivity contribution in [3.8, 4) is 16.3 Å². The number of benzene rings is 1. The summed E-state index contributed by atoms with van der Waals surface area (Å²) < 4.78 is 40.9. The van der Waals surface area contributed by atoms with Crippen LogP contribution in [0.3, 0.4) is 0 Å². The van der Waals surface area contributed by atoms with Gasteiger partial charge in [-0.15, -0.1) is 11.3 Å². The number of halogens is 3. The first-order valence-corrected chi connectivity index (χ1v) is 7.99. The Morgan fingerprint density at radius 2 is 2.00 bits per heavy atom. The molecule has 0 atom stereocenters. The number of aromatic nitrogens is 2. The summed E-state index contributed by atoms with van der Waals surface area (Å²) in [5.41, 5.74) is 1.36. The molecular formula is C16H12F3N3O2S. The van der Waals surface area contributed by atoms with E-state index in [4.69, 9.17) is 0 Å². The van der Waals surface area contributed by atoms with Crippen molar-refractivity contribution in [1.29, 1.82) is 0 Å². The van der Waals surface area contributed by atoms with E-state index in [0.717, 1.165) is 10.6 Å². The standard InChI is InChI=1S/C16H12F3N3O2S/c17-16(18,19)9-24-11-5-3-10(4-6-11)20-15(23)13-8-12(21-22-13)14-2-1-7-25-14/h1-8H,9H2,(H,20,23)(H,21,22). The molecule has 9 heteroatoms. The quantitative estimate of drug-likeness (QED) is 0.705. The van der Waals surface area contributed by atoms with Gasteiger partial charge in [0.2, 0.25) is 0 Å². The Labute approximate surface area is 144 Å². The smallest absolute Gasteiger partial charge is 0.422 e. The highest BCUT2D eigenvalue weighted by atomic mass is 32.1. The van der Waals surface area contributed by atoms with E-state index in [1.165, 1.54) is 35.6 Å². The summed E-state index contributed by atoms with van der Waals surface area (Å²) in [5.74, 6) is -0.363. The average Bonchev–Trinajstić information content (AvgIpc) is 3.24. The number of anilines is 1. The van der Waals surface area contributed by atoms with Gasteiger partial charge in [0.15, 0.2) is 12.3 Å². The molecule has 2 heterocycles. The Kier molecular flexibility index (Phi) is 4.75. The summed E-state index contributed by atoms with van der Waals surface area (Å²) in [4.78, 5) is 13.1. The molecule has 0 saturated carbocycles. The number of H-pyrrole nitrogens is 1. The van der Waals surface area contributed by atoms with Gasteiger partial charge in [0.25, 0.3) is 5.91 Å². The van der Waals surface area contributed by atoms with Gasteiger partial charge in [-0.3, -0.25) is 9.89 Å². The lowest BCUT2D eigenvalue weighted by Crippen LogP contribution is -2.19. The highest BCUT2D eigenvalue weighted by Crippen LogP contribution is 2.24. The molecule has 2 N–H and O–H groups in total. The number of alkyl halides is 3. The summed E-state index contributed by atoms with van der Waals surface area (Å²) in [5, 5.41) is 11.3. The van der Waals surface area contributed by atoms with Crippen LogP contribution in [0.25, 0.3) is 10.6 Å². The lowest BCUT2D eigenvalue weighted by atomic mass is 10.2. The van der Waals surface area contributed by atoms with Crippen LogP contribution in [-0.2, 0) is 0 Å². The zero-order valence-corrected chi connectivity index (χ0v) is 13.4. The maximum atomic E-state index is 12.2. The van der Waals surface area contributed by atoms with E-state index in [1.54, 1.807) is 6.07 Å². The number of nitrogens with one attached hydrogen (secondary N) is 2. The third kappa shape index (κ3) is 4.60. The number of carbonyl (C=O) groups is 1. The fourth-order valence-corrected chi connectivity index (χ4v) is 2.68. The molecule has 25 heavy (non-hydrogen) atoms. The Morgan fingerprint density at radius 3 is 2.64 bits per heavy atom. The van der Waals surface area contributed by atoms with Gasteiger partial charge in [0.1, 0.15) is 5.75 Å². The predicted octanol–water partition coefficient (Wildman–Crippen LogP) is 4.33. The fourth-order valence-electron chi connectivity index (χ4n) is 1.99. The molecule has 0 radical (unpaired) electrons. The zero-order valence-electron chi connectivity index (χ0n) is 12.6. The van der Waals surface area contributed by atoms with Crippen LogP contribution in [-0.4, -0.2) is 28.9 Å². The third-order valence-corrected chi connectivity index (χ3v) is 4.01. The number of ether oxygens (including phenoxy) is 1. The minimum atomic E-state index is -4.40. The van der Waals surface area contributed by atoms with Crippen molar-refractivity contribution >= 4 is 22.9 Å². The van der Waals surface area contributed by atoms with Gasteiger partial charge in [-0.25, -0.2) is 0 Å². The number of carbonyl (C=O) groups excluding carboxylic acids is 1. The third-order valence-electron chi connectivity index (χ3n) is 3.11. The van der Waals surface area contributed by atoms with Crippen molar-refractivity contribution in [3.05, 3.63) is 53.5 Å². The van der Waals surface area contributed by atoms with Crippen molar-refractivity contribution in [2.45, 2.75) is 6.18 Å². The molecule has 0 aliphatic carbocycles. The number of aromatic amines is 1. The van der Waals surface area contributed by atoms with Crippen LogP contribution in [0.15, 0.2) is 47.8 Å². The molecule has 1 amide bonds. The van der Waals surface area contributed by atoms with Crippen LogP contribution in [0.5, 0.6) is 5.75 Å². The van der Waals surface area contributed by atoms with Crippen molar-refractivity contribution in [3.63, 3.8) is 0 Å². The number of nitrogens with zero attached hydrogens (tertiary/aromatic N) is 1. The number of hydrogen-bond donors (Lipinski definition) is 2. The second kappa shape index (κ2) is 6.98. The summed E-state index contributed by atoms with van der Waals surface area (Å²) >= 11 is 1.52. The molecule has 2 aromatic heterocycles. The average molecular weight is 367 g/mol. The number of rotatable bonds is 5. The number of hydrogen-bond acceptors (Lipinski definition) is 4. The molecule has 0 spiro atoms. The number of amides is 1. The summed E-state index contributed by atoms with van der Waals surface area (Å²) in [6, 6.07) is 11.0. The van der Waals surface area contributed by atoms with Crippen LogP contribution in [0.4, 0.5) is 18.9 Å². The van der Waals surface area contributed by atoms with Crippen molar-refractivity contribution in [1.82, 2.24) is 10.2 Å². The van der Waals surface area contributed by atoms with Crippen LogP contribution in [0.1, 0.15) is 10.5 Å². The van der Waals surface area contributed by atoms with Gasteiger partial charge >= 0.3 is 6.18 Å². The van der Waals surface area contributed by atoms with Crippen molar-refractivity contribution < 1.29 is 22.7 Å². The first-order chi connectivity index (χ1) is 11.9. The van der Waals surface area contributed by atoms with Crippen LogP contribution in [0.2, 0.25) is 0 Å². The molecular weight excluding hydrogens is 355 g/mol. The summed E-state index contributed by atoms with van der Waals surface area (Å²) in [7, 11) is 0. The topological polar surface area (TPSA) is 67.0 Å². The van der Waals surface area contributed by atoms with Gasteiger partial charge in [0.05, 0.1) is 10.6 Å². The predicted molar refractivity (Wildman–Crippen MR) is 87.8 cm³/mol. The van der Waals surface area contributed by atoms with Gasteiger partial charge in [0, 0.05) is 5.69 Å². The molecule has 0 saturated heterocycles. The maximum absolute atomic E-state index is 12.2. The fraction of sp³-hybridized carbons (Fsp3) is 0.125. The molecule has 3 aromatic rings. The van der Waals surface area contributed by atoms with Gasteiger partial charge in [-0.2, -0.15) is 18.3 Å². The van der Waals surface area contributed by atoms with E-state index >= 15 is 0 Å². The second-order valence-electron chi connectivity index (χ2n) is 5.03. The van der Waals surface area contributed by atoms with E-state index < -0.39 is 18.7 Å². The normalized spacial score (nSPS) is 11.3. The van der Waals surface area contributed by atoms with Crippen LogP contribution >= 0.6 is 11.3 Å². The molecule has 0 unspecified atom stereocenters. The van der Waals surface area contributed by atoms with E-state index in [0.29, 0.717) is 5.69 Å². The Bertz CT molecular complexity index is 842. The molecule has 130 valence electrons. The highest BCUT2D eigenvalue weighted by Gasteiger charge is 2.28. The van der Waals surface area contributed by atoms with E-state index in [1.807, 2.05) is 17.5 Å². The molecule has 1 aromatic carbocycles. The second-order valence-corrected chi connectivity index (χ2v) is 5.97. The monoisotopic (exact) mass is 367 g/mol. The minimum absolute atomic E-state index is 0.0649. The van der Waals surface area contributed by atoms with Gasteiger partial charge < -0.3 is 10.1 Å². The zero-order chi connectivity index (χ0) is 17.9. The Balaban J connectivity index is 1.61. The largest absolute Gasteiger partial charge is 0.484 e. The van der Waals surface area contributed by atoms with Crippen LogP contribution in [0, 0.1) is 0 Å². The lowest BCUT2D eigenvalue weighted by Gasteiger charge is -2.09. The molecule has 0 aliphatic rings. The Hall–Kier alpha value is -2.81.